The van der Waals surface area contributed by atoms with Crippen LogP contribution >= 0.6 is 0 Å². The predicted octanol–water partition coefficient (Wildman–Crippen LogP) is 1.64. The van der Waals surface area contributed by atoms with Gasteiger partial charge in [-0.2, -0.15) is 0 Å². The van der Waals surface area contributed by atoms with E-state index in [-0.39, 0.29) is 31.5 Å². The van der Waals surface area contributed by atoms with Crippen molar-refractivity contribution in [2.45, 2.75) is 39.1 Å². The SMILES string of the molecule is C=CC(=O)O[C@H](C)COC[C@@H](C)OC[C@@H](C)OC(=O)C=C. The maximum Gasteiger partial charge on any atom is 0.330 e. The van der Waals surface area contributed by atoms with Gasteiger partial charge in [-0.1, -0.05) is 13.2 Å². The molecule has 0 rings (SSSR count). The normalized spacial score (nSPS) is 14.6. The third kappa shape index (κ3) is 10.8. The molecular weight excluding hydrogens is 276 g/mol. The number of carbonyl (C=O) groups is 2. The number of rotatable bonds is 11. The molecule has 0 radical (unpaired) electrons. The lowest BCUT2D eigenvalue weighted by molar-refractivity contribution is -0.149. The van der Waals surface area contributed by atoms with Crippen LogP contribution in [0.2, 0.25) is 0 Å². The summed E-state index contributed by atoms with van der Waals surface area (Å²) < 4.78 is 20.8. The molecule has 0 aromatic rings. The first-order valence-electron chi connectivity index (χ1n) is 6.74. The van der Waals surface area contributed by atoms with Crippen LogP contribution in [0.25, 0.3) is 0 Å². The number of hydrogen-bond acceptors (Lipinski definition) is 6. The second-order valence-electron chi connectivity index (χ2n) is 4.58. The summed E-state index contributed by atoms with van der Waals surface area (Å²) in [6.45, 7) is 12.8. The maximum absolute atomic E-state index is 11.0. The number of carbonyl (C=O) groups excluding carboxylic acids is 2. The minimum atomic E-state index is -0.479. The van der Waals surface area contributed by atoms with Gasteiger partial charge < -0.3 is 18.9 Å². The number of hydrogen-bond donors (Lipinski definition) is 0. The third-order valence-corrected chi connectivity index (χ3v) is 2.29. The summed E-state index contributed by atoms with van der Waals surface area (Å²) in [5.74, 6) is -0.957. The van der Waals surface area contributed by atoms with Gasteiger partial charge in [0.15, 0.2) is 0 Å². The van der Waals surface area contributed by atoms with E-state index in [1.54, 1.807) is 13.8 Å². The van der Waals surface area contributed by atoms with E-state index in [0.717, 1.165) is 12.2 Å². The third-order valence-electron chi connectivity index (χ3n) is 2.29. The molecule has 0 N–H and O–H groups in total. The zero-order valence-corrected chi connectivity index (χ0v) is 12.9. The van der Waals surface area contributed by atoms with Gasteiger partial charge in [0.25, 0.3) is 0 Å². The van der Waals surface area contributed by atoms with Gasteiger partial charge in [0, 0.05) is 12.2 Å². The minimum Gasteiger partial charge on any atom is -0.457 e. The Kier molecular flexibility index (Phi) is 10.2. The van der Waals surface area contributed by atoms with E-state index in [0.29, 0.717) is 6.61 Å². The fourth-order valence-electron chi connectivity index (χ4n) is 1.31. The number of esters is 2. The number of ether oxygens (including phenoxy) is 4. The van der Waals surface area contributed by atoms with Crippen LogP contribution in [0.4, 0.5) is 0 Å². The summed E-state index contributed by atoms with van der Waals surface area (Å²) in [7, 11) is 0. The molecule has 0 aliphatic carbocycles. The molecule has 6 nitrogen and oxygen atoms in total. The van der Waals surface area contributed by atoms with E-state index in [9.17, 15) is 9.59 Å². The Morgan fingerprint density at radius 2 is 1.29 bits per heavy atom. The Morgan fingerprint density at radius 1 is 0.857 bits per heavy atom. The first-order chi connectivity index (χ1) is 9.88. The Hall–Kier alpha value is -1.66. The topological polar surface area (TPSA) is 71.1 Å². The summed E-state index contributed by atoms with van der Waals surface area (Å²) in [6.07, 6.45) is 1.33. The molecule has 0 saturated heterocycles. The zero-order valence-electron chi connectivity index (χ0n) is 12.9. The van der Waals surface area contributed by atoms with Gasteiger partial charge in [-0.15, -0.1) is 0 Å². The Labute approximate surface area is 125 Å². The summed E-state index contributed by atoms with van der Waals surface area (Å²) >= 11 is 0. The van der Waals surface area contributed by atoms with Crippen LogP contribution in [0.15, 0.2) is 25.3 Å². The van der Waals surface area contributed by atoms with E-state index in [1.165, 1.54) is 0 Å². The molecule has 0 spiro atoms. The van der Waals surface area contributed by atoms with Crippen LogP contribution in [0.1, 0.15) is 20.8 Å². The molecule has 0 aromatic carbocycles. The molecule has 120 valence electrons. The van der Waals surface area contributed by atoms with E-state index in [2.05, 4.69) is 13.2 Å². The highest BCUT2D eigenvalue weighted by Crippen LogP contribution is 2.00. The van der Waals surface area contributed by atoms with Gasteiger partial charge in [-0.3, -0.25) is 0 Å². The molecule has 0 heterocycles. The minimum absolute atomic E-state index is 0.169. The van der Waals surface area contributed by atoms with Crippen molar-refractivity contribution in [2.75, 3.05) is 19.8 Å². The highest BCUT2D eigenvalue weighted by Gasteiger charge is 2.11. The van der Waals surface area contributed by atoms with Gasteiger partial charge in [-0.25, -0.2) is 9.59 Å². The van der Waals surface area contributed by atoms with Crippen molar-refractivity contribution in [3.05, 3.63) is 25.3 Å². The van der Waals surface area contributed by atoms with Gasteiger partial charge >= 0.3 is 11.9 Å². The summed E-state index contributed by atoms with van der Waals surface area (Å²) in [5, 5.41) is 0. The lowest BCUT2D eigenvalue weighted by atomic mass is 10.4. The molecule has 0 aliphatic heterocycles. The second kappa shape index (κ2) is 11.0. The fraction of sp³-hybridized carbons (Fsp3) is 0.600. The molecule has 0 saturated carbocycles. The van der Waals surface area contributed by atoms with Crippen LogP contribution in [-0.4, -0.2) is 50.1 Å². The van der Waals surface area contributed by atoms with Crippen molar-refractivity contribution in [1.82, 2.24) is 0 Å². The van der Waals surface area contributed by atoms with Gasteiger partial charge in [0.2, 0.25) is 0 Å². The van der Waals surface area contributed by atoms with Crippen molar-refractivity contribution in [3.63, 3.8) is 0 Å². The van der Waals surface area contributed by atoms with Crippen LogP contribution in [0, 0.1) is 0 Å². The lowest BCUT2D eigenvalue weighted by Crippen LogP contribution is -2.26. The first kappa shape index (κ1) is 19.3. The molecular formula is C15H24O6. The molecule has 0 amide bonds. The van der Waals surface area contributed by atoms with E-state index in [1.807, 2.05) is 6.92 Å². The van der Waals surface area contributed by atoms with Crippen molar-refractivity contribution in [3.8, 4) is 0 Å². The molecule has 0 aliphatic rings. The van der Waals surface area contributed by atoms with Crippen molar-refractivity contribution in [2.24, 2.45) is 0 Å². The molecule has 3 atom stereocenters. The molecule has 0 aromatic heterocycles. The average Bonchev–Trinajstić information content (AvgIpc) is 2.44. The van der Waals surface area contributed by atoms with Gasteiger partial charge in [0.1, 0.15) is 12.2 Å². The van der Waals surface area contributed by atoms with Crippen LogP contribution in [-0.2, 0) is 28.5 Å². The summed E-state index contributed by atoms with van der Waals surface area (Å²) in [4.78, 5) is 21.9. The Morgan fingerprint density at radius 3 is 1.76 bits per heavy atom. The molecule has 0 fully saturated rings. The molecule has 0 bridgehead atoms. The van der Waals surface area contributed by atoms with Gasteiger partial charge in [0.05, 0.1) is 25.9 Å². The van der Waals surface area contributed by atoms with E-state index >= 15 is 0 Å². The second-order valence-corrected chi connectivity index (χ2v) is 4.58. The molecule has 0 unspecified atom stereocenters. The Balaban J connectivity index is 3.73. The van der Waals surface area contributed by atoms with Crippen LogP contribution in [0.5, 0.6) is 0 Å². The highest BCUT2D eigenvalue weighted by molar-refractivity contribution is 5.81. The molecule has 21 heavy (non-hydrogen) atoms. The smallest absolute Gasteiger partial charge is 0.330 e. The summed E-state index contributed by atoms with van der Waals surface area (Å²) in [6, 6.07) is 0. The maximum atomic E-state index is 11.0. The predicted molar refractivity (Wildman–Crippen MR) is 77.7 cm³/mol. The van der Waals surface area contributed by atoms with Crippen molar-refractivity contribution >= 4 is 11.9 Å². The Bertz CT molecular complexity index is 352. The van der Waals surface area contributed by atoms with Crippen molar-refractivity contribution in [1.29, 1.82) is 0 Å². The fourth-order valence-corrected chi connectivity index (χ4v) is 1.31. The standard InChI is InChI=1S/C15H24O6/c1-6-14(16)20-12(4)9-18-8-11(3)19-10-13(5)21-15(17)7-2/h6-7,11-13H,1-2,8-10H2,3-5H3/t11-,12-,13-/m1/s1. The van der Waals surface area contributed by atoms with Crippen LogP contribution < -0.4 is 0 Å². The van der Waals surface area contributed by atoms with E-state index < -0.39 is 11.9 Å². The largest absolute Gasteiger partial charge is 0.457 e. The first-order valence-corrected chi connectivity index (χ1v) is 6.74. The lowest BCUT2D eigenvalue weighted by Gasteiger charge is -2.18. The average molecular weight is 300 g/mol. The van der Waals surface area contributed by atoms with Gasteiger partial charge in [-0.05, 0) is 20.8 Å². The van der Waals surface area contributed by atoms with Crippen molar-refractivity contribution < 1.29 is 28.5 Å². The quantitative estimate of drug-likeness (QED) is 0.427. The molecule has 6 heteroatoms. The summed E-state index contributed by atoms with van der Waals surface area (Å²) in [5.41, 5.74) is 0. The van der Waals surface area contributed by atoms with E-state index in [4.69, 9.17) is 18.9 Å². The highest BCUT2D eigenvalue weighted by atomic mass is 16.6. The monoisotopic (exact) mass is 300 g/mol. The van der Waals surface area contributed by atoms with Crippen LogP contribution in [0.3, 0.4) is 0 Å². The zero-order chi connectivity index (χ0) is 16.3.